The van der Waals surface area contributed by atoms with Crippen LogP contribution in [0.25, 0.3) is 11.2 Å². The van der Waals surface area contributed by atoms with Crippen LogP contribution in [-0.2, 0) is 4.79 Å². The normalized spacial score (nSPS) is 20.6. The topological polar surface area (TPSA) is 78.0 Å². The number of anilines is 1. The number of piperazine rings is 1. The van der Waals surface area contributed by atoms with Crippen LogP contribution in [0.2, 0.25) is 0 Å². The lowest BCUT2D eigenvalue weighted by Gasteiger charge is -2.35. The Morgan fingerprint density at radius 1 is 1.24 bits per heavy atom. The number of carbonyl (C=O) groups excluding carboxylic acids is 1. The summed E-state index contributed by atoms with van der Waals surface area (Å²) in [5, 5.41) is -0.299. The molecule has 0 aromatic carbocycles. The Labute approximate surface area is 169 Å². The van der Waals surface area contributed by atoms with E-state index in [0.717, 1.165) is 17.4 Å². The lowest BCUT2D eigenvalue weighted by molar-refractivity contribution is -0.132. The van der Waals surface area contributed by atoms with Gasteiger partial charge in [0, 0.05) is 38.5 Å². The molecule has 2 aromatic rings. The van der Waals surface area contributed by atoms with Crippen molar-refractivity contribution in [3.8, 4) is 0 Å². The second-order valence-electron chi connectivity index (χ2n) is 7.05. The predicted molar refractivity (Wildman–Crippen MR) is 101 cm³/mol. The third kappa shape index (κ3) is 3.68. The van der Waals surface area contributed by atoms with Crippen LogP contribution >= 0.6 is 11.6 Å². The van der Waals surface area contributed by atoms with Gasteiger partial charge in [0.25, 0.3) is 0 Å². The summed E-state index contributed by atoms with van der Waals surface area (Å²) >= 11 is 5.84. The SMILES string of the molecule is CC1=C(Cl)C(C(F)(F)F)=CC1CC(=O)N1CCN(c2ncnc3nc[nH]c23)CC1. The second-order valence-corrected chi connectivity index (χ2v) is 7.43. The fourth-order valence-corrected chi connectivity index (χ4v) is 3.99. The van der Waals surface area contributed by atoms with Crippen molar-refractivity contribution in [1.29, 1.82) is 0 Å². The summed E-state index contributed by atoms with van der Waals surface area (Å²) in [5.41, 5.74) is 0.833. The third-order valence-corrected chi connectivity index (χ3v) is 5.84. The van der Waals surface area contributed by atoms with Gasteiger partial charge in [-0.3, -0.25) is 4.79 Å². The number of imidazole rings is 1. The zero-order valence-corrected chi connectivity index (χ0v) is 16.3. The molecule has 0 bridgehead atoms. The summed E-state index contributed by atoms with van der Waals surface area (Å²) in [7, 11) is 0. The van der Waals surface area contributed by atoms with Gasteiger partial charge in [-0.1, -0.05) is 17.7 Å². The zero-order valence-electron chi connectivity index (χ0n) is 15.5. The van der Waals surface area contributed by atoms with Crippen LogP contribution in [0.3, 0.4) is 0 Å². The number of allylic oxidation sites excluding steroid dienone is 4. The van der Waals surface area contributed by atoms with Gasteiger partial charge in [0.05, 0.1) is 16.9 Å². The highest BCUT2D eigenvalue weighted by Gasteiger charge is 2.41. The summed E-state index contributed by atoms with van der Waals surface area (Å²) in [6.07, 6.45) is -0.494. The van der Waals surface area contributed by atoms with Crippen molar-refractivity contribution >= 4 is 34.5 Å². The van der Waals surface area contributed by atoms with E-state index in [9.17, 15) is 18.0 Å². The van der Waals surface area contributed by atoms with E-state index in [0.29, 0.717) is 37.4 Å². The summed E-state index contributed by atoms with van der Waals surface area (Å²) in [5.74, 6) is -0.0950. The standard InChI is InChI=1S/C18H18ClF3N6O/c1-10-11(6-12(14(10)19)18(20,21)22)7-13(29)27-2-4-28(5-3-27)17-15-16(24-8-23-15)25-9-26-17/h6,8-9,11H,2-5,7H2,1H3,(H,23,24,25,26). The average Bonchev–Trinajstić information content (AvgIpc) is 3.28. The zero-order chi connectivity index (χ0) is 20.8. The number of fused-ring (bicyclic) bond motifs is 1. The number of aromatic nitrogens is 4. The van der Waals surface area contributed by atoms with Crippen LogP contribution < -0.4 is 4.90 Å². The molecule has 1 aliphatic carbocycles. The van der Waals surface area contributed by atoms with E-state index in [-0.39, 0.29) is 17.4 Å². The van der Waals surface area contributed by atoms with Crippen LogP contribution in [-0.4, -0.2) is 63.1 Å². The molecule has 0 saturated carbocycles. The molecule has 2 aromatic heterocycles. The van der Waals surface area contributed by atoms with Crippen molar-refractivity contribution in [3.63, 3.8) is 0 Å². The van der Waals surface area contributed by atoms with Gasteiger partial charge in [-0.05, 0) is 12.5 Å². The molecule has 1 atom stereocenters. The molecule has 1 fully saturated rings. The van der Waals surface area contributed by atoms with E-state index < -0.39 is 17.7 Å². The Morgan fingerprint density at radius 2 is 1.97 bits per heavy atom. The third-order valence-electron chi connectivity index (χ3n) is 5.34. The van der Waals surface area contributed by atoms with Gasteiger partial charge in [-0.15, -0.1) is 0 Å². The van der Waals surface area contributed by atoms with E-state index in [4.69, 9.17) is 11.6 Å². The summed E-state index contributed by atoms with van der Waals surface area (Å²) in [4.78, 5) is 31.9. The molecule has 0 radical (unpaired) electrons. The molecule has 1 unspecified atom stereocenters. The fourth-order valence-electron chi connectivity index (χ4n) is 3.68. The molecule has 2 aliphatic rings. The molecule has 1 aliphatic heterocycles. The van der Waals surface area contributed by atoms with Crippen LogP contribution in [0.15, 0.2) is 34.9 Å². The van der Waals surface area contributed by atoms with Gasteiger partial charge < -0.3 is 14.8 Å². The van der Waals surface area contributed by atoms with Crippen molar-refractivity contribution in [2.24, 2.45) is 5.92 Å². The highest BCUT2D eigenvalue weighted by molar-refractivity contribution is 6.33. The first kappa shape index (κ1) is 19.7. The summed E-state index contributed by atoms with van der Waals surface area (Å²) in [6, 6.07) is 0. The fraction of sp³-hybridized carbons (Fsp3) is 0.444. The lowest BCUT2D eigenvalue weighted by atomic mass is 9.99. The molecule has 1 N–H and O–H groups in total. The van der Waals surface area contributed by atoms with Gasteiger partial charge in [-0.25, -0.2) is 15.0 Å². The number of aromatic amines is 1. The van der Waals surface area contributed by atoms with Crippen molar-refractivity contribution in [2.75, 3.05) is 31.1 Å². The molecule has 11 heteroatoms. The number of rotatable bonds is 3. The maximum absolute atomic E-state index is 13.0. The number of halogens is 4. The number of carbonyl (C=O) groups is 1. The number of hydrogen-bond donors (Lipinski definition) is 1. The van der Waals surface area contributed by atoms with Crippen molar-refractivity contribution in [1.82, 2.24) is 24.8 Å². The summed E-state index contributed by atoms with van der Waals surface area (Å²) in [6.45, 7) is 3.56. The Morgan fingerprint density at radius 3 is 2.62 bits per heavy atom. The number of amides is 1. The first-order valence-corrected chi connectivity index (χ1v) is 9.46. The number of alkyl halides is 3. The highest BCUT2D eigenvalue weighted by atomic mass is 35.5. The number of nitrogens with one attached hydrogen (secondary N) is 1. The second kappa shape index (κ2) is 7.33. The average molecular weight is 427 g/mol. The quantitative estimate of drug-likeness (QED) is 0.816. The maximum atomic E-state index is 13.0. The minimum atomic E-state index is -4.52. The molecular formula is C18H18ClF3N6O. The van der Waals surface area contributed by atoms with E-state index in [1.54, 1.807) is 11.2 Å². The van der Waals surface area contributed by atoms with Gasteiger partial charge in [-0.2, -0.15) is 13.2 Å². The van der Waals surface area contributed by atoms with Crippen molar-refractivity contribution in [3.05, 3.63) is 34.9 Å². The van der Waals surface area contributed by atoms with Gasteiger partial charge >= 0.3 is 6.18 Å². The van der Waals surface area contributed by atoms with E-state index in [1.807, 2.05) is 4.90 Å². The van der Waals surface area contributed by atoms with Crippen molar-refractivity contribution < 1.29 is 18.0 Å². The minimum absolute atomic E-state index is 0.0278. The maximum Gasteiger partial charge on any atom is 0.417 e. The molecule has 3 heterocycles. The first-order valence-electron chi connectivity index (χ1n) is 9.08. The van der Waals surface area contributed by atoms with Crippen LogP contribution in [0.5, 0.6) is 0 Å². The van der Waals surface area contributed by atoms with E-state index >= 15 is 0 Å². The number of H-pyrrole nitrogens is 1. The monoisotopic (exact) mass is 426 g/mol. The van der Waals surface area contributed by atoms with E-state index in [2.05, 4.69) is 19.9 Å². The first-order chi connectivity index (χ1) is 13.8. The highest BCUT2D eigenvalue weighted by Crippen LogP contribution is 2.43. The van der Waals surface area contributed by atoms with Gasteiger partial charge in [0.1, 0.15) is 11.8 Å². The summed E-state index contributed by atoms with van der Waals surface area (Å²) < 4.78 is 39.1. The Bertz CT molecular complexity index is 1010. The minimum Gasteiger partial charge on any atom is -0.351 e. The molecule has 154 valence electrons. The molecule has 29 heavy (non-hydrogen) atoms. The largest absolute Gasteiger partial charge is 0.417 e. The lowest BCUT2D eigenvalue weighted by Crippen LogP contribution is -2.49. The molecule has 4 rings (SSSR count). The van der Waals surface area contributed by atoms with Gasteiger partial charge in [0.2, 0.25) is 5.91 Å². The van der Waals surface area contributed by atoms with Crippen LogP contribution in [0, 0.1) is 5.92 Å². The molecule has 1 amide bonds. The van der Waals surface area contributed by atoms with Crippen LogP contribution in [0.4, 0.5) is 19.0 Å². The predicted octanol–water partition coefficient (Wildman–Crippen LogP) is 3.02. The molecule has 0 spiro atoms. The molecule has 7 nitrogen and oxygen atoms in total. The van der Waals surface area contributed by atoms with Gasteiger partial charge in [0.15, 0.2) is 11.5 Å². The smallest absolute Gasteiger partial charge is 0.351 e. The van der Waals surface area contributed by atoms with Crippen LogP contribution in [0.1, 0.15) is 13.3 Å². The molecule has 1 saturated heterocycles. The Hall–Kier alpha value is -2.62. The Balaban J connectivity index is 1.40. The van der Waals surface area contributed by atoms with Crippen molar-refractivity contribution in [2.45, 2.75) is 19.5 Å². The Kier molecular flexibility index (Phi) is 4.97. The van der Waals surface area contributed by atoms with E-state index in [1.165, 1.54) is 13.3 Å². The number of nitrogens with zero attached hydrogens (tertiary/aromatic N) is 5. The molecular weight excluding hydrogens is 409 g/mol. The number of hydrogen-bond acceptors (Lipinski definition) is 5.